The zero-order valence-corrected chi connectivity index (χ0v) is 48.8. The van der Waals surface area contributed by atoms with Gasteiger partial charge in [-0.25, -0.2) is 0 Å². The van der Waals surface area contributed by atoms with Gasteiger partial charge < -0.3 is 54.0 Å². The van der Waals surface area contributed by atoms with E-state index in [1.165, 1.54) is 190 Å². The summed E-state index contributed by atoms with van der Waals surface area (Å²) in [6.45, 7) is 3.42. The summed E-state index contributed by atoms with van der Waals surface area (Å²) in [5, 5.41) is 50.2. The Balaban J connectivity index is 0.000000297. The number of allylic oxidation sites excluding steroid dienone is 4. The van der Waals surface area contributed by atoms with Crippen molar-refractivity contribution in [3.8, 4) is 63.2 Å². The van der Waals surface area contributed by atoms with Crippen LogP contribution in [-0.2, 0) is 33.6 Å². The zero-order chi connectivity index (χ0) is 65.6. The Morgan fingerprint density at radius 3 is 0.989 bits per heavy atom. The second-order valence-corrected chi connectivity index (χ2v) is 19.3. The van der Waals surface area contributed by atoms with Gasteiger partial charge in [0.05, 0.1) is 43.8 Å². The van der Waals surface area contributed by atoms with Crippen LogP contribution in [0.5, 0.6) is 63.2 Å². The lowest BCUT2D eigenvalue weighted by Gasteiger charge is -2.20. The van der Waals surface area contributed by atoms with E-state index in [-0.39, 0.29) is 74.2 Å². The predicted octanol–water partition coefficient (Wildman–Crippen LogP) is 10.0. The number of phenolic OH excluding ortho intramolecular Hbond substituents is 5. The molecule has 1 atom stereocenters. The maximum atomic E-state index is 14.0. The summed E-state index contributed by atoms with van der Waals surface area (Å²) in [5.74, 6) is -8.27. The number of carbonyl (C=O) groups is 10. The molecule has 0 radical (unpaired) electrons. The van der Waals surface area contributed by atoms with E-state index in [0.717, 1.165) is 26.8 Å². The Labute approximate surface area is 514 Å². The SMILES string of the molecule is COc1cc(C=CC(=O)CC(=O)C=Cc2ccc(O)c(OC(C(=O)c3ccccc3OC(C)=O)C(=O)c3ccccc3OC(C)=O)c2)ccc1O.COc1cc(C=CC(=O)CC(=O)C=Cc2ccc(O)c(OC(C(C)=O)C(=O)c3ccccc3O)c2)ccc1O. The third kappa shape index (κ3) is 19.3. The van der Waals surface area contributed by atoms with Crippen molar-refractivity contribution in [1.29, 1.82) is 0 Å². The molecule has 21 heteroatoms. The summed E-state index contributed by atoms with van der Waals surface area (Å²) in [6, 6.07) is 34.1. The number of hydrogen-bond acceptors (Lipinski definition) is 21. The molecule has 7 rings (SSSR count). The van der Waals surface area contributed by atoms with Crippen molar-refractivity contribution in [1.82, 2.24) is 0 Å². The molecule has 0 aliphatic rings. The normalized spacial score (nSPS) is 11.4. The topological polar surface area (TPSA) is 327 Å². The molecule has 7 aromatic carbocycles. The average Bonchev–Trinajstić information content (AvgIpc) is 0.932. The first-order valence-electron chi connectivity index (χ1n) is 27.0. The third-order valence-corrected chi connectivity index (χ3v) is 12.5. The molecule has 0 aliphatic carbocycles. The maximum Gasteiger partial charge on any atom is 0.308 e. The number of methoxy groups -OCH3 is 2. The van der Waals surface area contributed by atoms with E-state index in [2.05, 4.69) is 0 Å². The second-order valence-electron chi connectivity index (χ2n) is 19.3. The van der Waals surface area contributed by atoms with E-state index >= 15 is 0 Å². The average molecular weight is 1220 g/mol. The van der Waals surface area contributed by atoms with Crippen molar-refractivity contribution < 1.29 is 102 Å². The lowest BCUT2D eigenvalue weighted by Crippen LogP contribution is -2.36. The number of ketones is 8. The number of para-hydroxylation sites is 3. The lowest BCUT2D eigenvalue weighted by atomic mass is 9.97. The number of rotatable bonds is 27. The van der Waals surface area contributed by atoms with Crippen LogP contribution in [-0.4, -0.2) is 110 Å². The molecule has 0 heterocycles. The highest BCUT2D eigenvalue weighted by Crippen LogP contribution is 2.34. The van der Waals surface area contributed by atoms with Crippen LogP contribution in [0.1, 0.15) is 86.9 Å². The van der Waals surface area contributed by atoms with Gasteiger partial charge in [-0.05, 0) is 138 Å². The molecular formula is C69H58O21. The van der Waals surface area contributed by atoms with Crippen LogP contribution in [0.4, 0.5) is 0 Å². The summed E-state index contributed by atoms with van der Waals surface area (Å²) in [7, 11) is 2.79. The highest BCUT2D eigenvalue weighted by atomic mass is 16.5. The van der Waals surface area contributed by atoms with E-state index in [1.807, 2.05) is 0 Å². The minimum atomic E-state index is -1.98. The molecule has 5 N–H and O–H groups in total. The van der Waals surface area contributed by atoms with Crippen LogP contribution in [0.15, 0.2) is 170 Å². The molecule has 90 heavy (non-hydrogen) atoms. The number of ether oxygens (including phenoxy) is 6. The van der Waals surface area contributed by atoms with E-state index < -0.39 is 89.0 Å². The van der Waals surface area contributed by atoms with Crippen LogP contribution < -0.4 is 28.4 Å². The van der Waals surface area contributed by atoms with Gasteiger partial charge in [0.1, 0.15) is 17.2 Å². The van der Waals surface area contributed by atoms with Gasteiger partial charge in [0.2, 0.25) is 29.6 Å². The quantitative estimate of drug-likeness (QED) is 0.0105. The van der Waals surface area contributed by atoms with Gasteiger partial charge in [0.15, 0.2) is 74.9 Å². The number of phenols is 5. The second kappa shape index (κ2) is 31.9. The number of esters is 2. The molecule has 21 nitrogen and oxygen atoms in total. The van der Waals surface area contributed by atoms with Gasteiger partial charge in [0, 0.05) is 13.8 Å². The first-order valence-corrected chi connectivity index (χ1v) is 27.0. The Kier molecular flexibility index (Phi) is 23.8. The van der Waals surface area contributed by atoms with E-state index in [9.17, 15) is 73.5 Å². The Hall–Kier alpha value is -12.0. The molecule has 0 amide bonds. The molecule has 0 spiro atoms. The molecule has 0 saturated carbocycles. The van der Waals surface area contributed by atoms with Crippen molar-refractivity contribution in [2.75, 3.05) is 14.2 Å². The van der Waals surface area contributed by atoms with Gasteiger partial charge in [-0.3, -0.25) is 47.9 Å². The van der Waals surface area contributed by atoms with Crippen LogP contribution in [0.25, 0.3) is 24.3 Å². The van der Waals surface area contributed by atoms with Gasteiger partial charge in [-0.15, -0.1) is 0 Å². The maximum absolute atomic E-state index is 14.0. The van der Waals surface area contributed by atoms with E-state index in [1.54, 1.807) is 12.1 Å². The molecular weight excluding hydrogens is 1160 g/mol. The van der Waals surface area contributed by atoms with Crippen molar-refractivity contribution in [3.05, 3.63) is 209 Å². The fraction of sp³-hybridized carbons (Fsp3) is 0.130. The minimum Gasteiger partial charge on any atom is -0.507 e. The molecule has 0 fully saturated rings. The number of carbonyl (C=O) groups excluding carboxylic acids is 10. The molecule has 0 bridgehead atoms. The Morgan fingerprint density at radius 1 is 0.356 bits per heavy atom. The minimum absolute atomic E-state index is 0.0389. The predicted molar refractivity (Wildman–Crippen MR) is 327 cm³/mol. The Morgan fingerprint density at radius 2 is 0.656 bits per heavy atom. The van der Waals surface area contributed by atoms with Gasteiger partial charge in [-0.2, -0.15) is 0 Å². The van der Waals surface area contributed by atoms with Crippen molar-refractivity contribution in [3.63, 3.8) is 0 Å². The first-order chi connectivity index (χ1) is 42.9. The first kappa shape index (κ1) is 67.1. The van der Waals surface area contributed by atoms with E-state index in [0.29, 0.717) is 22.3 Å². The van der Waals surface area contributed by atoms with Gasteiger partial charge in [-0.1, -0.05) is 85.0 Å². The number of aromatic hydroxyl groups is 5. The largest absolute Gasteiger partial charge is 0.507 e. The lowest BCUT2D eigenvalue weighted by molar-refractivity contribution is -0.132. The smallest absolute Gasteiger partial charge is 0.308 e. The van der Waals surface area contributed by atoms with Gasteiger partial charge in [0.25, 0.3) is 0 Å². The van der Waals surface area contributed by atoms with Crippen LogP contribution >= 0.6 is 0 Å². The molecule has 7 aromatic rings. The van der Waals surface area contributed by atoms with Crippen LogP contribution in [0.3, 0.4) is 0 Å². The summed E-state index contributed by atoms with van der Waals surface area (Å²) < 4.78 is 31.8. The molecule has 460 valence electrons. The number of benzene rings is 7. The highest BCUT2D eigenvalue weighted by molar-refractivity contribution is 6.21. The standard InChI is InChI=1S/C39H32O12.C30H26O9/c1-23(40)49-33-10-6-4-8-29(33)37(46)39(38(47)30-9-5-7-11-34(30)50-24(2)41)51-36-21-26(15-19-32(36)45)13-17-28(43)22-27(42)16-12-25-14-18-31(44)35(20-25)48-3;1-18(31)30(29(37)23-5-3-4-6-24(23)34)39-28-16-20(10-14-26(28)36)8-12-22(33)17-21(32)11-7-19-9-13-25(35)27(15-19)38-2/h4-21,39,44-45H,22H2,1-3H3;3-16,30,34-36H,17H2,1-2H3. The van der Waals surface area contributed by atoms with Crippen molar-refractivity contribution in [2.24, 2.45) is 0 Å². The van der Waals surface area contributed by atoms with Gasteiger partial charge >= 0.3 is 11.9 Å². The van der Waals surface area contributed by atoms with Crippen LogP contribution in [0, 0.1) is 0 Å². The summed E-state index contributed by atoms with van der Waals surface area (Å²) >= 11 is 0. The zero-order valence-electron chi connectivity index (χ0n) is 48.8. The fourth-order valence-electron chi connectivity index (χ4n) is 8.12. The molecule has 0 aromatic heterocycles. The number of Topliss-reactive ketones (excluding diaryl/α,β-unsaturated/α-hetero) is 4. The van der Waals surface area contributed by atoms with Crippen molar-refractivity contribution in [2.45, 2.75) is 45.8 Å². The Bertz CT molecular complexity index is 3960. The monoisotopic (exact) mass is 1220 g/mol. The summed E-state index contributed by atoms with van der Waals surface area (Å²) in [6.07, 6.45) is 6.03. The fourth-order valence-corrected chi connectivity index (χ4v) is 8.12. The highest BCUT2D eigenvalue weighted by Gasteiger charge is 2.35. The van der Waals surface area contributed by atoms with Crippen molar-refractivity contribution >= 4 is 82.5 Å². The van der Waals surface area contributed by atoms with E-state index in [4.69, 9.17) is 28.4 Å². The molecule has 1 unspecified atom stereocenters. The summed E-state index contributed by atoms with van der Waals surface area (Å²) in [5.41, 5.74) is 1.39. The molecule has 0 saturated heterocycles. The number of hydrogen-bond donors (Lipinski definition) is 5. The molecule has 0 aliphatic heterocycles. The third-order valence-electron chi connectivity index (χ3n) is 12.5. The van der Waals surface area contributed by atoms with Crippen LogP contribution in [0.2, 0.25) is 0 Å². The summed E-state index contributed by atoms with van der Waals surface area (Å²) in [4.78, 5) is 126.